The van der Waals surface area contributed by atoms with Gasteiger partial charge in [0.25, 0.3) is 0 Å². The van der Waals surface area contributed by atoms with E-state index in [4.69, 9.17) is 0 Å². The maximum absolute atomic E-state index is 4.01. The van der Waals surface area contributed by atoms with Crippen molar-refractivity contribution < 1.29 is 0 Å². The minimum absolute atomic E-state index is 1.04. The first-order valence-electron chi connectivity index (χ1n) is 4.11. The lowest BCUT2D eigenvalue weighted by molar-refractivity contribution is 1.06. The van der Waals surface area contributed by atoms with Crippen LogP contribution in [-0.2, 0) is 0 Å². The van der Waals surface area contributed by atoms with E-state index < -0.39 is 0 Å². The van der Waals surface area contributed by atoms with Crippen LogP contribution in [0.25, 0.3) is 6.08 Å². The Morgan fingerprint density at radius 3 is 3.00 bits per heavy atom. The summed E-state index contributed by atoms with van der Waals surface area (Å²) in [6, 6.07) is 3.98. The second-order valence-electron chi connectivity index (χ2n) is 2.55. The van der Waals surface area contributed by atoms with Gasteiger partial charge >= 0.3 is 0 Å². The highest BCUT2D eigenvalue weighted by Crippen LogP contribution is 2.00. The van der Waals surface area contributed by atoms with Crippen LogP contribution in [0.3, 0.4) is 0 Å². The van der Waals surface area contributed by atoms with Crippen LogP contribution in [0.15, 0.2) is 43.3 Å². The van der Waals surface area contributed by atoms with Crippen LogP contribution >= 0.6 is 0 Å². The van der Waals surface area contributed by atoms with Crippen LogP contribution in [0.5, 0.6) is 0 Å². The van der Waals surface area contributed by atoms with Gasteiger partial charge in [0.15, 0.2) is 0 Å². The zero-order chi connectivity index (χ0) is 8.65. The van der Waals surface area contributed by atoms with Crippen molar-refractivity contribution in [3.63, 3.8) is 0 Å². The largest absolute Gasteiger partial charge is 0.264 e. The van der Waals surface area contributed by atoms with E-state index in [0.717, 1.165) is 18.4 Å². The number of unbranched alkanes of at least 4 members (excludes halogenated alkanes) is 1. The average Bonchev–Trinajstić information content (AvgIpc) is 2.14. The molecule has 1 rings (SSSR count). The summed E-state index contributed by atoms with van der Waals surface area (Å²) < 4.78 is 0. The summed E-state index contributed by atoms with van der Waals surface area (Å²) in [4.78, 5) is 4.01. The lowest BCUT2D eigenvalue weighted by Gasteiger charge is -1.89. The van der Waals surface area contributed by atoms with Crippen molar-refractivity contribution >= 4 is 6.08 Å². The molecule has 1 heterocycles. The first kappa shape index (κ1) is 8.72. The molecule has 0 unspecified atom stereocenters. The zero-order valence-electron chi connectivity index (χ0n) is 7.11. The van der Waals surface area contributed by atoms with Crippen molar-refractivity contribution in [1.29, 1.82) is 0 Å². The van der Waals surface area contributed by atoms with Gasteiger partial charge in [-0.15, -0.1) is 6.58 Å². The van der Waals surface area contributed by atoms with Crippen molar-refractivity contribution in [1.82, 2.24) is 4.98 Å². The molecule has 1 aromatic heterocycles. The van der Waals surface area contributed by atoms with Crippen LogP contribution in [0.2, 0.25) is 0 Å². The van der Waals surface area contributed by atoms with Crippen molar-refractivity contribution in [3.05, 3.63) is 48.8 Å². The molecular formula is C11H13N. The SMILES string of the molecule is C=CCC/C=C\c1cccnc1. The standard InChI is InChI=1S/C11H13N/c1-2-3-4-5-7-11-8-6-9-12-10-11/h2,5-10H,1,3-4H2/b7-5-. The molecule has 0 saturated heterocycles. The van der Waals surface area contributed by atoms with Gasteiger partial charge in [0.1, 0.15) is 0 Å². The molecule has 1 heteroatoms. The molecule has 0 spiro atoms. The number of nitrogens with zero attached hydrogens (tertiary/aromatic N) is 1. The maximum atomic E-state index is 4.01. The molecular weight excluding hydrogens is 146 g/mol. The van der Waals surface area contributed by atoms with Crippen LogP contribution < -0.4 is 0 Å². The van der Waals surface area contributed by atoms with Crippen molar-refractivity contribution in [2.45, 2.75) is 12.8 Å². The van der Waals surface area contributed by atoms with Gasteiger partial charge in [0.2, 0.25) is 0 Å². The third kappa shape index (κ3) is 3.15. The highest BCUT2D eigenvalue weighted by molar-refractivity contribution is 5.47. The lowest BCUT2D eigenvalue weighted by Crippen LogP contribution is -1.72. The summed E-state index contributed by atoms with van der Waals surface area (Å²) in [6.07, 6.45) is 11.9. The number of pyridine rings is 1. The predicted octanol–water partition coefficient (Wildman–Crippen LogP) is 3.06. The zero-order valence-corrected chi connectivity index (χ0v) is 7.11. The summed E-state index contributed by atoms with van der Waals surface area (Å²) in [5.41, 5.74) is 1.15. The van der Waals surface area contributed by atoms with Gasteiger partial charge in [0, 0.05) is 12.4 Å². The summed E-state index contributed by atoms with van der Waals surface area (Å²) in [5, 5.41) is 0. The van der Waals surface area contributed by atoms with E-state index in [0.29, 0.717) is 0 Å². The number of aromatic nitrogens is 1. The summed E-state index contributed by atoms with van der Waals surface area (Å²) in [5.74, 6) is 0. The van der Waals surface area contributed by atoms with Crippen LogP contribution in [-0.4, -0.2) is 4.98 Å². The molecule has 0 aliphatic carbocycles. The molecule has 0 atom stereocenters. The molecule has 1 nitrogen and oxygen atoms in total. The van der Waals surface area contributed by atoms with Gasteiger partial charge in [-0.1, -0.05) is 24.3 Å². The van der Waals surface area contributed by atoms with Gasteiger partial charge in [-0.05, 0) is 24.5 Å². The quantitative estimate of drug-likeness (QED) is 0.486. The topological polar surface area (TPSA) is 12.9 Å². The van der Waals surface area contributed by atoms with Gasteiger partial charge in [-0.3, -0.25) is 4.98 Å². The molecule has 1 aromatic rings. The van der Waals surface area contributed by atoms with E-state index in [-0.39, 0.29) is 0 Å². The lowest BCUT2D eigenvalue weighted by atomic mass is 10.2. The highest BCUT2D eigenvalue weighted by Gasteiger charge is 1.81. The molecule has 0 bridgehead atoms. The van der Waals surface area contributed by atoms with Crippen molar-refractivity contribution in [3.8, 4) is 0 Å². The molecule has 0 aromatic carbocycles. The van der Waals surface area contributed by atoms with Gasteiger partial charge in [-0.25, -0.2) is 0 Å². The molecule has 62 valence electrons. The molecule has 12 heavy (non-hydrogen) atoms. The molecule has 0 saturated carbocycles. The second-order valence-corrected chi connectivity index (χ2v) is 2.55. The van der Waals surface area contributed by atoms with E-state index in [1.807, 2.05) is 24.4 Å². The molecule has 0 aliphatic heterocycles. The molecule has 0 N–H and O–H groups in total. The Morgan fingerprint density at radius 2 is 2.33 bits per heavy atom. The normalized spacial score (nSPS) is 10.3. The van der Waals surface area contributed by atoms with E-state index >= 15 is 0 Å². The predicted molar refractivity (Wildman–Crippen MR) is 52.7 cm³/mol. The third-order valence-corrected chi connectivity index (χ3v) is 1.53. The Labute approximate surface area is 73.5 Å². The Morgan fingerprint density at radius 1 is 1.42 bits per heavy atom. The van der Waals surface area contributed by atoms with E-state index in [1.54, 1.807) is 6.20 Å². The van der Waals surface area contributed by atoms with Crippen LogP contribution in [0, 0.1) is 0 Å². The number of allylic oxidation sites excluding steroid dienone is 2. The molecule has 0 amide bonds. The van der Waals surface area contributed by atoms with Crippen LogP contribution in [0.4, 0.5) is 0 Å². The Kier molecular flexibility index (Phi) is 3.86. The fourth-order valence-corrected chi connectivity index (χ4v) is 0.908. The summed E-state index contributed by atoms with van der Waals surface area (Å²) in [6.45, 7) is 3.66. The fraction of sp³-hybridized carbons (Fsp3) is 0.182. The number of hydrogen-bond acceptors (Lipinski definition) is 1. The molecule has 0 radical (unpaired) electrons. The maximum Gasteiger partial charge on any atom is 0.0340 e. The Hall–Kier alpha value is -1.37. The first-order valence-corrected chi connectivity index (χ1v) is 4.11. The monoisotopic (exact) mass is 159 g/mol. The minimum Gasteiger partial charge on any atom is -0.264 e. The molecule has 0 fully saturated rings. The smallest absolute Gasteiger partial charge is 0.0340 e. The van der Waals surface area contributed by atoms with E-state index in [2.05, 4.69) is 23.7 Å². The summed E-state index contributed by atoms with van der Waals surface area (Å²) >= 11 is 0. The van der Waals surface area contributed by atoms with E-state index in [9.17, 15) is 0 Å². The molecule has 0 aliphatic rings. The third-order valence-electron chi connectivity index (χ3n) is 1.53. The fourth-order valence-electron chi connectivity index (χ4n) is 0.908. The van der Waals surface area contributed by atoms with Crippen molar-refractivity contribution in [2.24, 2.45) is 0 Å². The minimum atomic E-state index is 1.04. The first-order chi connectivity index (χ1) is 5.93. The Balaban J connectivity index is 2.41. The van der Waals surface area contributed by atoms with Crippen LogP contribution in [0.1, 0.15) is 18.4 Å². The Bertz CT molecular complexity index is 249. The van der Waals surface area contributed by atoms with Gasteiger partial charge in [-0.2, -0.15) is 0 Å². The van der Waals surface area contributed by atoms with E-state index in [1.165, 1.54) is 0 Å². The number of rotatable bonds is 4. The number of hydrogen-bond donors (Lipinski definition) is 0. The second kappa shape index (κ2) is 5.30. The highest BCUT2D eigenvalue weighted by atomic mass is 14.6. The van der Waals surface area contributed by atoms with Crippen molar-refractivity contribution in [2.75, 3.05) is 0 Å². The average molecular weight is 159 g/mol. The van der Waals surface area contributed by atoms with Gasteiger partial charge in [0.05, 0.1) is 0 Å². The van der Waals surface area contributed by atoms with Gasteiger partial charge < -0.3 is 0 Å². The summed E-state index contributed by atoms with van der Waals surface area (Å²) in [7, 11) is 0.